The van der Waals surface area contributed by atoms with Crippen molar-refractivity contribution in [3.63, 3.8) is 0 Å². The third-order valence-corrected chi connectivity index (χ3v) is 5.64. The Bertz CT molecular complexity index is 735. The zero-order valence-electron chi connectivity index (χ0n) is 13.4. The number of rotatable bonds is 2. The molecule has 3 fully saturated rings. The lowest BCUT2D eigenvalue weighted by Gasteiger charge is -2.23. The highest BCUT2D eigenvalue weighted by Crippen LogP contribution is 2.40. The number of hydrogen-bond donors (Lipinski definition) is 0. The van der Waals surface area contributed by atoms with Gasteiger partial charge < -0.3 is 9.80 Å². The topological polar surface area (TPSA) is 60.9 Å². The van der Waals surface area contributed by atoms with Crippen LogP contribution in [0.25, 0.3) is 0 Å². The summed E-state index contributed by atoms with van der Waals surface area (Å²) in [7, 11) is 0. The van der Waals surface area contributed by atoms with Crippen LogP contribution in [0.5, 0.6) is 0 Å². The van der Waals surface area contributed by atoms with Crippen molar-refractivity contribution in [3.05, 3.63) is 29.3 Å². The van der Waals surface area contributed by atoms with Gasteiger partial charge in [0.15, 0.2) is 0 Å². The Morgan fingerprint density at radius 3 is 2.50 bits per heavy atom. The van der Waals surface area contributed by atoms with E-state index in [-0.39, 0.29) is 17.8 Å². The van der Waals surface area contributed by atoms with Gasteiger partial charge in [0.2, 0.25) is 5.91 Å². The van der Waals surface area contributed by atoms with Crippen molar-refractivity contribution in [2.24, 2.45) is 0 Å². The van der Waals surface area contributed by atoms with E-state index in [2.05, 4.69) is 0 Å². The summed E-state index contributed by atoms with van der Waals surface area (Å²) in [6, 6.07) is 5.96. The Balaban J connectivity index is 1.60. The van der Waals surface area contributed by atoms with Gasteiger partial charge in [-0.3, -0.25) is 9.59 Å². The lowest BCUT2D eigenvalue weighted by atomic mass is 9.99. The van der Waals surface area contributed by atoms with Crippen LogP contribution in [-0.2, 0) is 9.59 Å². The van der Waals surface area contributed by atoms with Crippen LogP contribution in [0.3, 0.4) is 0 Å². The van der Waals surface area contributed by atoms with Gasteiger partial charge in [0.05, 0.1) is 0 Å². The van der Waals surface area contributed by atoms with Gasteiger partial charge in [0.1, 0.15) is 11.6 Å². The van der Waals surface area contributed by atoms with Gasteiger partial charge in [-0.1, -0.05) is 11.6 Å². The van der Waals surface area contributed by atoms with Crippen molar-refractivity contribution in [2.75, 3.05) is 18.0 Å². The zero-order chi connectivity index (χ0) is 17.1. The molecule has 0 N–H and O–H groups in total. The van der Waals surface area contributed by atoms with Gasteiger partial charge in [-0.25, -0.2) is 9.69 Å². The molecule has 4 rings (SSSR count). The van der Waals surface area contributed by atoms with E-state index < -0.39 is 11.6 Å². The van der Waals surface area contributed by atoms with E-state index >= 15 is 0 Å². The van der Waals surface area contributed by atoms with E-state index in [0.29, 0.717) is 31.0 Å². The van der Waals surface area contributed by atoms with Crippen molar-refractivity contribution < 1.29 is 14.4 Å². The number of nitrogens with zero attached hydrogens (tertiary/aromatic N) is 3. The second-order valence-corrected chi connectivity index (χ2v) is 7.19. The summed E-state index contributed by atoms with van der Waals surface area (Å²) in [6.45, 7) is 2.87. The smallest absolute Gasteiger partial charge is 0.311 e. The first-order chi connectivity index (χ1) is 11.4. The van der Waals surface area contributed by atoms with Crippen molar-refractivity contribution in [2.45, 2.75) is 37.8 Å². The molecule has 0 bridgehead atoms. The van der Waals surface area contributed by atoms with Crippen LogP contribution in [0.2, 0.25) is 5.02 Å². The minimum atomic E-state index is -0.773. The maximum atomic E-state index is 12.8. The average molecular weight is 348 g/mol. The Labute approximate surface area is 144 Å². The molecule has 3 heterocycles. The molecule has 1 aromatic rings. The maximum absolute atomic E-state index is 12.8. The summed E-state index contributed by atoms with van der Waals surface area (Å²) in [5, 5.41) is 0.598. The summed E-state index contributed by atoms with van der Waals surface area (Å²) in [6.07, 6.45) is 1.95. The second kappa shape index (κ2) is 5.21. The summed E-state index contributed by atoms with van der Waals surface area (Å²) >= 11 is 5.89. The van der Waals surface area contributed by atoms with E-state index in [0.717, 1.165) is 12.1 Å². The molecule has 0 radical (unpaired) electrons. The maximum Gasteiger partial charge on any atom is 0.328 e. The van der Waals surface area contributed by atoms with Crippen molar-refractivity contribution in [3.8, 4) is 0 Å². The zero-order valence-corrected chi connectivity index (χ0v) is 14.1. The van der Waals surface area contributed by atoms with Gasteiger partial charge in [0, 0.05) is 23.8 Å². The molecule has 126 valence electrons. The Hall–Kier alpha value is -2.08. The van der Waals surface area contributed by atoms with Crippen LogP contribution in [0.4, 0.5) is 10.5 Å². The number of halogens is 1. The number of anilines is 1. The van der Waals surface area contributed by atoms with Crippen LogP contribution < -0.4 is 4.90 Å². The fourth-order valence-corrected chi connectivity index (χ4v) is 4.15. The predicted octanol–water partition coefficient (Wildman–Crippen LogP) is 2.26. The van der Waals surface area contributed by atoms with E-state index in [1.165, 1.54) is 4.90 Å². The molecule has 3 aliphatic heterocycles. The molecule has 0 saturated carbocycles. The summed E-state index contributed by atoms with van der Waals surface area (Å²) in [5.74, 6) is -0.440. The molecule has 0 aliphatic carbocycles. The first-order valence-corrected chi connectivity index (χ1v) is 8.53. The molecule has 24 heavy (non-hydrogen) atoms. The second-order valence-electron chi connectivity index (χ2n) is 6.76. The minimum Gasteiger partial charge on any atom is -0.311 e. The van der Waals surface area contributed by atoms with Gasteiger partial charge in [-0.2, -0.15) is 0 Å². The van der Waals surface area contributed by atoms with E-state index in [4.69, 9.17) is 11.6 Å². The van der Waals surface area contributed by atoms with Gasteiger partial charge >= 0.3 is 6.03 Å². The quantitative estimate of drug-likeness (QED) is 0.771. The first-order valence-electron chi connectivity index (χ1n) is 8.16. The lowest BCUT2D eigenvalue weighted by Crippen LogP contribution is -2.47. The number of hydrogen-bond acceptors (Lipinski definition) is 3. The molecule has 4 amide bonds. The summed E-state index contributed by atoms with van der Waals surface area (Å²) in [5.41, 5.74) is -0.0388. The third kappa shape index (κ3) is 1.99. The highest BCUT2D eigenvalue weighted by atomic mass is 35.5. The highest BCUT2D eigenvalue weighted by Gasteiger charge is 2.59. The van der Waals surface area contributed by atoms with E-state index in [1.807, 2.05) is 0 Å². The molecule has 0 spiro atoms. The highest BCUT2D eigenvalue weighted by molar-refractivity contribution is 6.30. The number of carbonyl (C=O) groups is 3. The molecule has 0 aromatic heterocycles. The molecule has 3 saturated heterocycles. The SMILES string of the molecule is CC12CCCN1C(=O)N(C1CCN(c3ccc(Cl)cc3)C1=O)C2=O. The molecule has 1 aromatic carbocycles. The molecular formula is C17H18ClN3O3. The fourth-order valence-electron chi connectivity index (χ4n) is 4.03. The largest absolute Gasteiger partial charge is 0.328 e. The van der Waals surface area contributed by atoms with E-state index in [9.17, 15) is 14.4 Å². The summed E-state index contributed by atoms with van der Waals surface area (Å²) in [4.78, 5) is 42.7. The molecule has 3 aliphatic rings. The number of amides is 4. The molecule has 2 atom stereocenters. The van der Waals surface area contributed by atoms with Crippen LogP contribution in [-0.4, -0.2) is 52.3 Å². The first kappa shape index (κ1) is 15.4. The molecular weight excluding hydrogens is 330 g/mol. The van der Waals surface area contributed by atoms with Crippen molar-refractivity contribution >= 4 is 35.1 Å². The number of carbonyl (C=O) groups excluding carboxylic acids is 3. The van der Waals surface area contributed by atoms with Crippen LogP contribution in [0.1, 0.15) is 26.2 Å². The number of imide groups is 1. The number of benzene rings is 1. The van der Waals surface area contributed by atoms with Crippen LogP contribution >= 0.6 is 11.6 Å². The Kier molecular flexibility index (Phi) is 3.35. The predicted molar refractivity (Wildman–Crippen MR) is 88.8 cm³/mol. The van der Waals surface area contributed by atoms with Crippen molar-refractivity contribution in [1.82, 2.24) is 9.80 Å². The standard InChI is InChI=1S/C17H18ClN3O3/c1-17-8-2-9-20(17)16(24)21(15(17)23)13-7-10-19(14(13)22)12-5-3-11(18)4-6-12/h3-6,13H,2,7-10H2,1H3. The fraction of sp³-hybridized carbons (Fsp3) is 0.471. The van der Waals surface area contributed by atoms with Crippen LogP contribution in [0.15, 0.2) is 24.3 Å². The van der Waals surface area contributed by atoms with E-state index in [1.54, 1.807) is 41.0 Å². The van der Waals surface area contributed by atoms with Crippen molar-refractivity contribution in [1.29, 1.82) is 0 Å². The average Bonchev–Trinajstić information content (AvgIpc) is 3.17. The Morgan fingerprint density at radius 1 is 1.12 bits per heavy atom. The van der Waals surface area contributed by atoms with Crippen LogP contribution in [0, 0.1) is 0 Å². The molecule has 2 unspecified atom stereocenters. The minimum absolute atomic E-state index is 0.205. The van der Waals surface area contributed by atoms with Gasteiger partial charge in [0.25, 0.3) is 5.91 Å². The molecule has 6 nitrogen and oxygen atoms in total. The molecule has 7 heteroatoms. The third-order valence-electron chi connectivity index (χ3n) is 5.38. The number of fused-ring (bicyclic) bond motifs is 1. The lowest BCUT2D eigenvalue weighted by molar-refractivity contribution is -0.136. The normalized spacial score (nSPS) is 29.8. The summed E-state index contributed by atoms with van der Waals surface area (Å²) < 4.78 is 0. The number of urea groups is 1. The van der Waals surface area contributed by atoms with Gasteiger partial charge in [-0.05, 0) is 50.5 Å². The van der Waals surface area contributed by atoms with Gasteiger partial charge in [-0.15, -0.1) is 0 Å². The monoisotopic (exact) mass is 347 g/mol. The Morgan fingerprint density at radius 2 is 1.83 bits per heavy atom.